The number of amides is 3. The maximum Gasteiger partial charge on any atom is 0.422 e. The van der Waals surface area contributed by atoms with Crippen LogP contribution in [0.4, 0.5) is 36.4 Å². The van der Waals surface area contributed by atoms with Crippen molar-refractivity contribution in [3.05, 3.63) is 94.5 Å². The predicted octanol–water partition coefficient (Wildman–Crippen LogP) is 5.37. The molecule has 1 aliphatic rings. The first-order valence-corrected chi connectivity index (χ1v) is 16.6. The van der Waals surface area contributed by atoms with E-state index in [9.17, 15) is 37.5 Å². The first-order valence-electron chi connectivity index (χ1n) is 16.2. The molecule has 1 aromatic heterocycles. The molecule has 4 aromatic rings. The number of benzene rings is 3. The van der Waals surface area contributed by atoms with E-state index < -0.39 is 60.6 Å². The van der Waals surface area contributed by atoms with Gasteiger partial charge in [-0.1, -0.05) is 49.7 Å². The predicted molar refractivity (Wildman–Crippen MR) is 188 cm³/mol. The number of carbonyl (C=O) groups excluding carboxylic acids is 3. The average Bonchev–Trinajstić information content (AvgIpc) is 3.89. The molecule has 18 heteroatoms. The number of hydrogen-bond acceptors (Lipinski definition) is 10. The highest BCUT2D eigenvalue weighted by molar-refractivity contribution is 6.39. The summed E-state index contributed by atoms with van der Waals surface area (Å²) in [7, 11) is 0. The van der Waals surface area contributed by atoms with Crippen molar-refractivity contribution in [3.63, 3.8) is 0 Å². The fourth-order valence-corrected chi connectivity index (χ4v) is 5.09. The standard InChI is InChI=1S/C35H34ClF3N8O6/c1-19(2)20-3-11-24(12-4-20)41-29(50)28(49)40-17-26(30(51)52)43-27(48)21-5-13-25(14-6-21)42-31-44-32(46-33(45-31)53-18-35(37,38)39)47-34(15-16-34)22-7-9-23(36)10-8-22/h3-14,19,26H,15-18H2,1-2H3,(H,40,49)(H,41,50)(H,43,48)(H,51,52)(H2,42,44,45,46,47)/t26-/m0/s1. The molecule has 53 heavy (non-hydrogen) atoms. The molecule has 1 heterocycles. The largest absolute Gasteiger partial charge is 0.480 e. The maximum atomic E-state index is 12.9. The Bertz CT molecular complexity index is 1960. The van der Waals surface area contributed by atoms with Crippen molar-refractivity contribution in [2.45, 2.75) is 50.4 Å². The second kappa shape index (κ2) is 16.1. The van der Waals surface area contributed by atoms with E-state index in [0.29, 0.717) is 29.2 Å². The summed E-state index contributed by atoms with van der Waals surface area (Å²) in [5, 5.41) is 23.1. The van der Waals surface area contributed by atoms with Crippen LogP contribution < -0.4 is 31.3 Å². The number of halogens is 4. The van der Waals surface area contributed by atoms with Gasteiger partial charge in [0, 0.05) is 28.5 Å². The van der Waals surface area contributed by atoms with Crippen LogP contribution in [0.25, 0.3) is 0 Å². The topological polar surface area (TPSA) is 197 Å². The minimum absolute atomic E-state index is 0.0292. The summed E-state index contributed by atoms with van der Waals surface area (Å²) in [6, 6.07) is 17.3. The van der Waals surface area contributed by atoms with Crippen molar-refractivity contribution in [3.8, 4) is 6.01 Å². The number of alkyl halides is 3. The number of carbonyl (C=O) groups is 4. The molecule has 6 N–H and O–H groups in total. The van der Waals surface area contributed by atoms with Crippen LogP contribution in [-0.4, -0.2) is 69.1 Å². The third-order valence-electron chi connectivity index (χ3n) is 7.99. The summed E-state index contributed by atoms with van der Waals surface area (Å²) in [6.07, 6.45) is -3.25. The number of anilines is 4. The normalized spacial score (nSPS) is 13.7. The maximum absolute atomic E-state index is 12.9. The Morgan fingerprint density at radius 3 is 2.08 bits per heavy atom. The molecule has 1 atom stereocenters. The third-order valence-corrected chi connectivity index (χ3v) is 8.24. The summed E-state index contributed by atoms with van der Waals surface area (Å²) < 4.78 is 43.6. The second-order valence-electron chi connectivity index (χ2n) is 12.4. The van der Waals surface area contributed by atoms with Gasteiger partial charge in [0.05, 0.1) is 5.54 Å². The zero-order chi connectivity index (χ0) is 38.3. The van der Waals surface area contributed by atoms with Crippen molar-refractivity contribution in [1.29, 1.82) is 0 Å². The minimum Gasteiger partial charge on any atom is -0.480 e. The molecule has 278 valence electrons. The van der Waals surface area contributed by atoms with Crippen LogP contribution in [0.1, 0.15) is 54.1 Å². The molecule has 14 nitrogen and oxygen atoms in total. The monoisotopic (exact) mass is 754 g/mol. The summed E-state index contributed by atoms with van der Waals surface area (Å²) >= 11 is 6.02. The van der Waals surface area contributed by atoms with Crippen LogP contribution in [0, 0.1) is 0 Å². The third kappa shape index (κ3) is 10.8. The van der Waals surface area contributed by atoms with Gasteiger partial charge in [0.2, 0.25) is 11.9 Å². The summed E-state index contributed by atoms with van der Waals surface area (Å²) in [6.45, 7) is 1.79. The summed E-state index contributed by atoms with van der Waals surface area (Å²) in [4.78, 5) is 61.7. The Hall–Kier alpha value is -5.97. The highest BCUT2D eigenvalue weighted by Crippen LogP contribution is 2.48. The van der Waals surface area contributed by atoms with Crippen molar-refractivity contribution in [1.82, 2.24) is 25.6 Å². The van der Waals surface area contributed by atoms with E-state index in [-0.39, 0.29) is 23.4 Å². The SMILES string of the molecule is CC(C)c1ccc(NC(=O)C(=O)NC[C@H](NC(=O)c2ccc(Nc3nc(NC4(c5ccc(Cl)cc5)CC4)nc(OCC(F)(F)F)n3)cc2)C(=O)O)cc1. The average molecular weight is 755 g/mol. The number of hydrogen-bond donors (Lipinski definition) is 6. The van der Waals surface area contributed by atoms with Crippen LogP contribution in [0.15, 0.2) is 72.8 Å². The second-order valence-corrected chi connectivity index (χ2v) is 12.8. The van der Waals surface area contributed by atoms with Crippen LogP contribution in [0.2, 0.25) is 5.02 Å². The number of ether oxygens (including phenoxy) is 1. The molecule has 0 saturated heterocycles. The Morgan fingerprint density at radius 1 is 0.868 bits per heavy atom. The van der Waals surface area contributed by atoms with Gasteiger partial charge in [0.1, 0.15) is 6.04 Å². The molecule has 1 aliphatic carbocycles. The van der Waals surface area contributed by atoms with Gasteiger partial charge in [-0.25, -0.2) is 4.79 Å². The van der Waals surface area contributed by atoms with E-state index in [1.807, 2.05) is 26.0 Å². The molecular weight excluding hydrogens is 721 g/mol. The molecule has 0 aliphatic heterocycles. The lowest BCUT2D eigenvalue weighted by atomic mass is 10.0. The number of aromatic nitrogens is 3. The first kappa shape index (κ1) is 38.3. The highest BCUT2D eigenvalue weighted by atomic mass is 35.5. The molecule has 5 rings (SSSR count). The molecule has 0 bridgehead atoms. The van der Waals surface area contributed by atoms with Gasteiger partial charge >= 0.3 is 30.0 Å². The highest BCUT2D eigenvalue weighted by Gasteiger charge is 2.45. The molecule has 3 amide bonds. The molecule has 1 saturated carbocycles. The number of rotatable bonds is 14. The minimum atomic E-state index is -4.65. The number of aliphatic carboxylic acids is 1. The molecule has 0 unspecified atom stereocenters. The van der Waals surface area contributed by atoms with Crippen LogP contribution >= 0.6 is 11.6 Å². The Labute approximate surface area is 305 Å². The van der Waals surface area contributed by atoms with Crippen LogP contribution in [0.5, 0.6) is 6.01 Å². The number of nitrogens with zero attached hydrogens (tertiary/aromatic N) is 3. The Balaban J connectivity index is 1.21. The summed E-state index contributed by atoms with van der Waals surface area (Å²) in [5.41, 5.74) is 2.06. The fourth-order valence-electron chi connectivity index (χ4n) is 4.96. The van der Waals surface area contributed by atoms with Crippen LogP contribution in [-0.2, 0) is 19.9 Å². The smallest absolute Gasteiger partial charge is 0.422 e. The zero-order valence-corrected chi connectivity index (χ0v) is 29.0. The fraction of sp³-hybridized carbons (Fsp3) is 0.286. The number of carboxylic acid groups (broad SMARTS) is 1. The van der Waals surface area contributed by atoms with Gasteiger partial charge in [0.25, 0.3) is 5.91 Å². The number of nitrogens with one attached hydrogen (secondary N) is 5. The molecule has 3 aromatic carbocycles. The zero-order valence-electron chi connectivity index (χ0n) is 28.3. The lowest BCUT2D eigenvalue weighted by molar-refractivity contribution is -0.154. The van der Waals surface area contributed by atoms with Crippen molar-refractivity contribution in [2.24, 2.45) is 0 Å². The number of carboxylic acids is 1. The van der Waals surface area contributed by atoms with E-state index >= 15 is 0 Å². The van der Waals surface area contributed by atoms with E-state index in [1.165, 1.54) is 24.3 Å². The van der Waals surface area contributed by atoms with E-state index in [2.05, 4.69) is 41.5 Å². The van der Waals surface area contributed by atoms with Crippen molar-refractivity contribution < 1.29 is 42.2 Å². The van der Waals surface area contributed by atoms with E-state index in [1.54, 1.807) is 36.4 Å². The van der Waals surface area contributed by atoms with Crippen LogP contribution in [0.3, 0.4) is 0 Å². The lowest BCUT2D eigenvalue weighted by Gasteiger charge is -2.19. The molecular formula is C35H34ClF3N8O6. The molecule has 0 radical (unpaired) electrons. The van der Waals surface area contributed by atoms with Crippen molar-refractivity contribution >= 4 is 58.6 Å². The summed E-state index contributed by atoms with van der Waals surface area (Å²) in [5.74, 6) is -4.33. The quantitative estimate of drug-likeness (QED) is 0.0906. The van der Waals surface area contributed by atoms with E-state index in [4.69, 9.17) is 16.3 Å². The van der Waals surface area contributed by atoms with Gasteiger partial charge in [-0.15, -0.1) is 0 Å². The molecule has 1 fully saturated rings. The Morgan fingerprint density at radius 2 is 1.49 bits per heavy atom. The lowest BCUT2D eigenvalue weighted by Crippen LogP contribution is -2.50. The van der Waals surface area contributed by atoms with Crippen molar-refractivity contribution in [2.75, 3.05) is 29.1 Å². The van der Waals surface area contributed by atoms with Gasteiger partial charge < -0.3 is 36.4 Å². The molecule has 0 spiro atoms. The Kier molecular flexibility index (Phi) is 11.7. The van der Waals surface area contributed by atoms with E-state index in [0.717, 1.165) is 11.1 Å². The van der Waals surface area contributed by atoms with Gasteiger partial charge in [-0.05, 0) is 78.4 Å². The van der Waals surface area contributed by atoms with Gasteiger partial charge in [-0.2, -0.15) is 28.1 Å². The first-order chi connectivity index (χ1) is 25.1. The van der Waals surface area contributed by atoms with Gasteiger partial charge in [0.15, 0.2) is 6.61 Å². The van der Waals surface area contributed by atoms with Gasteiger partial charge in [-0.3, -0.25) is 14.4 Å².